The normalized spacial score (nSPS) is 17.8. The van der Waals surface area contributed by atoms with Gasteiger partial charge in [-0.2, -0.15) is 0 Å². The Hall–Kier alpha value is -2.73. The van der Waals surface area contributed by atoms with Crippen molar-refractivity contribution in [3.8, 4) is 11.1 Å². The maximum absolute atomic E-state index is 13.3. The molecule has 0 unspecified atom stereocenters. The van der Waals surface area contributed by atoms with Crippen LogP contribution in [0.5, 0.6) is 0 Å². The molecule has 0 saturated carbocycles. The van der Waals surface area contributed by atoms with Crippen LogP contribution in [-0.2, 0) is 16.0 Å². The molecular weight excluding hydrogens is 364 g/mol. The number of benzene rings is 1. The second kappa shape index (κ2) is 10.2. The fraction of sp³-hybridized carbons (Fsp3) is 0.435. The Kier molecular flexibility index (Phi) is 7.36. The van der Waals surface area contributed by atoms with Crippen molar-refractivity contribution in [2.45, 2.75) is 19.8 Å². The summed E-state index contributed by atoms with van der Waals surface area (Å²) in [7, 11) is 1.65. The molecule has 2 amide bonds. The van der Waals surface area contributed by atoms with Crippen LogP contribution in [0.4, 0.5) is 0 Å². The summed E-state index contributed by atoms with van der Waals surface area (Å²) in [5, 5.41) is 2.69. The Morgan fingerprint density at radius 3 is 2.66 bits per heavy atom. The van der Waals surface area contributed by atoms with Crippen LogP contribution in [0.3, 0.4) is 0 Å². The summed E-state index contributed by atoms with van der Waals surface area (Å²) in [4.78, 5) is 33.4. The van der Waals surface area contributed by atoms with E-state index in [1.807, 2.05) is 29.2 Å². The zero-order valence-electron chi connectivity index (χ0n) is 17.3. The minimum absolute atomic E-state index is 0.0164. The van der Waals surface area contributed by atoms with Crippen LogP contribution in [0.2, 0.25) is 0 Å². The van der Waals surface area contributed by atoms with Crippen LogP contribution >= 0.6 is 0 Å². The monoisotopic (exact) mass is 394 g/mol. The van der Waals surface area contributed by atoms with Crippen LogP contribution in [0.1, 0.15) is 18.9 Å². The quantitative estimate of drug-likeness (QED) is 0.782. The highest BCUT2D eigenvalue weighted by molar-refractivity contribution is 5.81. The van der Waals surface area contributed by atoms with Gasteiger partial charge in [0.05, 0.1) is 12.5 Å². The molecule has 1 aliphatic rings. The molecule has 154 valence electrons. The molecule has 2 heterocycles. The molecule has 1 fully saturated rings. The predicted molar refractivity (Wildman–Crippen MR) is 114 cm³/mol. The molecule has 29 heavy (non-hydrogen) atoms. The highest BCUT2D eigenvalue weighted by Crippen LogP contribution is 2.27. The number of amides is 2. The van der Waals surface area contributed by atoms with Gasteiger partial charge in [0, 0.05) is 45.6 Å². The number of carbonyl (C=O) groups is 2. The Bertz CT molecular complexity index is 825. The van der Waals surface area contributed by atoms with E-state index in [1.165, 1.54) is 0 Å². The molecule has 3 rings (SSSR count). The summed E-state index contributed by atoms with van der Waals surface area (Å²) in [6.45, 7) is 5.17. The molecule has 1 aromatic heterocycles. The van der Waals surface area contributed by atoms with Gasteiger partial charge in [-0.05, 0) is 41.7 Å². The van der Waals surface area contributed by atoms with Gasteiger partial charge in [-0.3, -0.25) is 19.5 Å². The molecule has 0 spiro atoms. The molecule has 0 aliphatic carbocycles. The van der Waals surface area contributed by atoms with Crippen LogP contribution in [0.15, 0.2) is 48.8 Å². The molecule has 1 saturated heterocycles. The zero-order valence-corrected chi connectivity index (χ0v) is 17.3. The Balaban J connectivity index is 1.86. The SMILES string of the molecule is CCCN1CCN(CC(=O)NC)C[C@H](Cc2ccccc2-c2ccncc2)C1=O. The number of carbonyl (C=O) groups excluding carboxylic acids is 2. The summed E-state index contributed by atoms with van der Waals surface area (Å²) in [6, 6.07) is 12.2. The Morgan fingerprint density at radius 1 is 1.17 bits per heavy atom. The number of pyridine rings is 1. The number of nitrogens with one attached hydrogen (secondary N) is 1. The molecule has 1 aliphatic heterocycles. The van der Waals surface area contributed by atoms with Crippen molar-refractivity contribution in [2.75, 3.05) is 39.8 Å². The van der Waals surface area contributed by atoms with E-state index < -0.39 is 0 Å². The van der Waals surface area contributed by atoms with E-state index in [0.29, 0.717) is 26.1 Å². The van der Waals surface area contributed by atoms with E-state index in [1.54, 1.807) is 19.4 Å². The number of rotatable bonds is 7. The average Bonchev–Trinajstić information content (AvgIpc) is 2.89. The fourth-order valence-corrected chi connectivity index (χ4v) is 3.96. The minimum atomic E-state index is -0.170. The highest BCUT2D eigenvalue weighted by Gasteiger charge is 2.31. The number of hydrogen-bond donors (Lipinski definition) is 1. The van der Waals surface area contributed by atoms with Crippen molar-refractivity contribution < 1.29 is 9.59 Å². The van der Waals surface area contributed by atoms with Gasteiger partial charge in [0.2, 0.25) is 11.8 Å². The number of nitrogens with zero attached hydrogens (tertiary/aromatic N) is 3. The summed E-state index contributed by atoms with van der Waals surface area (Å²) in [5.74, 6) is 0.00445. The molecule has 6 heteroatoms. The van der Waals surface area contributed by atoms with Crippen molar-refractivity contribution in [1.29, 1.82) is 0 Å². The van der Waals surface area contributed by atoms with Gasteiger partial charge >= 0.3 is 0 Å². The second-order valence-corrected chi connectivity index (χ2v) is 7.53. The number of hydrogen-bond acceptors (Lipinski definition) is 4. The first-order chi connectivity index (χ1) is 14.1. The Morgan fingerprint density at radius 2 is 1.93 bits per heavy atom. The summed E-state index contributed by atoms with van der Waals surface area (Å²) >= 11 is 0. The third-order valence-electron chi connectivity index (χ3n) is 5.44. The summed E-state index contributed by atoms with van der Waals surface area (Å²) in [6.07, 6.45) is 5.16. The third-order valence-corrected chi connectivity index (χ3v) is 5.44. The lowest BCUT2D eigenvalue weighted by Crippen LogP contribution is -2.39. The van der Waals surface area contributed by atoms with Crippen molar-refractivity contribution in [2.24, 2.45) is 5.92 Å². The van der Waals surface area contributed by atoms with Crippen molar-refractivity contribution in [1.82, 2.24) is 20.1 Å². The summed E-state index contributed by atoms with van der Waals surface area (Å²) < 4.78 is 0. The van der Waals surface area contributed by atoms with Gasteiger partial charge in [-0.1, -0.05) is 31.2 Å². The van der Waals surface area contributed by atoms with Crippen molar-refractivity contribution in [3.63, 3.8) is 0 Å². The maximum Gasteiger partial charge on any atom is 0.233 e. The average molecular weight is 395 g/mol. The van der Waals surface area contributed by atoms with E-state index in [2.05, 4.69) is 34.3 Å². The first-order valence-electron chi connectivity index (χ1n) is 10.3. The van der Waals surface area contributed by atoms with Crippen LogP contribution in [-0.4, -0.2) is 66.4 Å². The molecule has 1 N–H and O–H groups in total. The lowest BCUT2D eigenvalue weighted by molar-refractivity contribution is -0.134. The molecule has 0 bridgehead atoms. The van der Waals surface area contributed by atoms with E-state index in [-0.39, 0.29) is 17.7 Å². The van der Waals surface area contributed by atoms with E-state index in [0.717, 1.165) is 36.2 Å². The molecule has 1 atom stereocenters. The van der Waals surface area contributed by atoms with Crippen molar-refractivity contribution >= 4 is 11.8 Å². The van der Waals surface area contributed by atoms with Crippen LogP contribution in [0, 0.1) is 5.92 Å². The van der Waals surface area contributed by atoms with E-state index in [4.69, 9.17) is 0 Å². The first-order valence-corrected chi connectivity index (χ1v) is 10.3. The van der Waals surface area contributed by atoms with E-state index >= 15 is 0 Å². The standard InChI is InChI=1S/C23H30N4O2/c1-3-12-27-14-13-26(17-22(28)24-2)16-20(23(27)29)15-19-6-4-5-7-21(19)18-8-10-25-11-9-18/h4-11,20H,3,12-17H2,1-2H3,(H,24,28)/t20-/m0/s1. The maximum atomic E-state index is 13.3. The van der Waals surface area contributed by atoms with E-state index in [9.17, 15) is 9.59 Å². The van der Waals surface area contributed by atoms with Crippen LogP contribution in [0.25, 0.3) is 11.1 Å². The van der Waals surface area contributed by atoms with Gasteiger partial charge in [-0.15, -0.1) is 0 Å². The zero-order chi connectivity index (χ0) is 20.6. The second-order valence-electron chi connectivity index (χ2n) is 7.53. The molecule has 6 nitrogen and oxygen atoms in total. The predicted octanol–water partition coefficient (Wildman–Crippen LogP) is 2.21. The van der Waals surface area contributed by atoms with Gasteiger partial charge < -0.3 is 10.2 Å². The fourth-order valence-electron chi connectivity index (χ4n) is 3.96. The molecule has 2 aromatic rings. The molecule has 0 radical (unpaired) electrons. The van der Waals surface area contributed by atoms with Gasteiger partial charge in [0.15, 0.2) is 0 Å². The Labute approximate surface area is 172 Å². The number of aromatic nitrogens is 1. The highest BCUT2D eigenvalue weighted by atomic mass is 16.2. The van der Waals surface area contributed by atoms with Gasteiger partial charge in [-0.25, -0.2) is 0 Å². The largest absolute Gasteiger partial charge is 0.358 e. The molecular formula is C23H30N4O2. The number of likely N-dealkylation sites (N-methyl/N-ethyl adjacent to an activating group) is 1. The smallest absolute Gasteiger partial charge is 0.233 e. The van der Waals surface area contributed by atoms with Crippen molar-refractivity contribution in [3.05, 3.63) is 54.4 Å². The van der Waals surface area contributed by atoms with Crippen LogP contribution < -0.4 is 5.32 Å². The topological polar surface area (TPSA) is 65.5 Å². The third kappa shape index (κ3) is 5.41. The summed E-state index contributed by atoms with van der Waals surface area (Å²) in [5.41, 5.74) is 3.38. The van der Waals surface area contributed by atoms with Gasteiger partial charge in [0.1, 0.15) is 0 Å². The molecule has 1 aromatic carbocycles. The van der Waals surface area contributed by atoms with Gasteiger partial charge in [0.25, 0.3) is 0 Å². The lowest BCUT2D eigenvalue weighted by Gasteiger charge is -2.24. The minimum Gasteiger partial charge on any atom is -0.358 e. The lowest BCUT2D eigenvalue weighted by atomic mass is 9.91. The first kappa shape index (κ1) is 21.0.